The van der Waals surface area contributed by atoms with Gasteiger partial charge in [0.25, 0.3) is 0 Å². The van der Waals surface area contributed by atoms with Crippen molar-refractivity contribution < 1.29 is 9.53 Å². The maximum absolute atomic E-state index is 11.9. The van der Waals surface area contributed by atoms with Crippen molar-refractivity contribution in [2.24, 2.45) is 0 Å². The Labute approximate surface area is 138 Å². The van der Waals surface area contributed by atoms with E-state index >= 15 is 0 Å². The number of methoxy groups -OCH3 is 1. The first-order valence-electron chi connectivity index (χ1n) is 7.74. The molecule has 0 aromatic heterocycles. The van der Waals surface area contributed by atoms with Gasteiger partial charge in [0.1, 0.15) is 5.75 Å². The van der Waals surface area contributed by atoms with E-state index in [0.29, 0.717) is 6.54 Å². The highest BCUT2D eigenvalue weighted by Crippen LogP contribution is 2.19. The van der Waals surface area contributed by atoms with Crippen LogP contribution in [0.25, 0.3) is 6.08 Å². The molecule has 0 atom stereocenters. The summed E-state index contributed by atoms with van der Waals surface area (Å²) in [5.74, 6) is 0.775. The van der Waals surface area contributed by atoms with Crippen LogP contribution < -0.4 is 10.1 Å². The Kier molecular flexibility index (Phi) is 5.98. The molecule has 3 nitrogen and oxygen atoms in total. The summed E-state index contributed by atoms with van der Waals surface area (Å²) in [4.78, 5) is 11.9. The summed E-state index contributed by atoms with van der Waals surface area (Å²) in [5, 5.41) is 2.90. The highest BCUT2D eigenvalue weighted by Gasteiger charge is 2.03. The van der Waals surface area contributed by atoms with Crippen molar-refractivity contribution in [1.29, 1.82) is 0 Å². The Morgan fingerprint density at radius 1 is 1.09 bits per heavy atom. The maximum atomic E-state index is 11.9. The molecule has 0 heterocycles. The summed E-state index contributed by atoms with van der Waals surface area (Å²) in [6.07, 6.45) is 4.13. The lowest BCUT2D eigenvalue weighted by atomic mass is 10.1. The molecule has 0 bridgehead atoms. The number of aryl methyl sites for hydroxylation is 2. The zero-order chi connectivity index (χ0) is 16.7. The fourth-order valence-electron chi connectivity index (χ4n) is 2.33. The molecule has 0 saturated heterocycles. The normalized spacial score (nSPS) is 10.7. The average molecular weight is 309 g/mol. The van der Waals surface area contributed by atoms with Gasteiger partial charge in [-0.2, -0.15) is 0 Å². The lowest BCUT2D eigenvalue weighted by Gasteiger charge is -2.09. The Balaban J connectivity index is 1.85. The van der Waals surface area contributed by atoms with Gasteiger partial charge in [-0.05, 0) is 43.5 Å². The average Bonchev–Trinajstić information content (AvgIpc) is 2.54. The third kappa shape index (κ3) is 5.29. The monoisotopic (exact) mass is 309 g/mol. The smallest absolute Gasteiger partial charge is 0.244 e. The number of benzene rings is 2. The van der Waals surface area contributed by atoms with Gasteiger partial charge in [-0.25, -0.2) is 0 Å². The SMILES string of the molecule is COc1ccc(C)cc1CCNC(=O)/C=C/c1ccc(C)cc1. The van der Waals surface area contributed by atoms with Crippen molar-refractivity contribution in [3.63, 3.8) is 0 Å². The number of carbonyl (C=O) groups is 1. The van der Waals surface area contributed by atoms with Gasteiger partial charge in [0, 0.05) is 12.6 Å². The Bertz CT molecular complexity index is 687. The Morgan fingerprint density at radius 3 is 2.48 bits per heavy atom. The Hall–Kier alpha value is -2.55. The molecule has 1 amide bonds. The number of carbonyl (C=O) groups excluding carboxylic acids is 1. The van der Waals surface area contributed by atoms with E-state index in [-0.39, 0.29) is 5.91 Å². The van der Waals surface area contributed by atoms with Crippen LogP contribution in [-0.2, 0) is 11.2 Å². The van der Waals surface area contributed by atoms with Crippen LogP contribution in [-0.4, -0.2) is 19.6 Å². The van der Waals surface area contributed by atoms with Gasteiger partial charge in [0.15, 0.2) is 0 Å². The van der Waals surface area contributed by atoms with Crippen LogP contribution in [0, 0.1) is 13.8 Å². The van der Waals surface area contributed by atoms with Crippen LogP contribution in [0.3, 0.4) is 0 Å². The quantitative estimate of drug-likeness (QED) is 0.827. The molecular formula is C20H23NO2. The van der Waals surface area contributed by atoms with Crippen LogP contribution in [0.5, 0.6) is 5.75 Å². The van der Waals surface area contributed by atoms with E-state index in [1.807, 2.05) is 56.3 Å². The van der Waals surface area contributed by atoms with Gasteiger partial charge in [0.05, 0.1) is 7.11 Å². The largest absolute Gasteiger partial charge is 0.496 e. The second-order valence-electron chi connectivity index (χ2n) is 5.60. The van der Waals surface area contributed by atoms with E-state index in [0.717, 1.165) is 23.3 Å². The van der Waals surface area contributed by atoms with E-state index in [2.05, 4.69) is 11.4 Å². The van der Waals surface area contributed by atoms with Gasteiger partial charge < -0.3 is 10.1 Å². The number of hydrogen-bond donors (Lipinski definition) is 1. The maximum Gasteiger partial charge on any atom is 0.244 e. The second kappa shape index (κ2) is 8.18. The lowest BCUT2D eigenvalue weighted by Crippen LogP contribution is -2.23. The molecule has 120 valence electrons. The minimum absolute atomic E-state index is 0.0859. The molecule has 0 saturated carbocycles. The van der Waals surface area contributed by atoms with Crippen LogP contribution in [0.1, 0.15) is 22.3 Å². The number of nitrogens with one attached hydrogen (secondary N) is 1. The highest BCUT2D eigenvalue weighted by atomic mass is 16.5. The first kappa shape index (κ1) is 16.8. The summed E-state index contributed by atoms with van der Waals surface area (Å²) in [6.45, 7) is 4.67. The van der Waals surface area contributed by atoms with Crippen molar-refractivity contribution in [2.75, 3.05) is 13.7 Å². The van der Waals surface area contributed by atoms with Gasteiger partial charge in [-0.3, -0.25) is 4.79 Å². The fourth-order valence-corrected chi connectivity index (χ4v) is 2.33. The molecule has 0 aliphatic heterocycles. The van der Waals surface area contributed by atoms with Crippen LogP contribution in [0.15, 0.2) is 48.5 Å². The van der Waals surface area contributed by atoms with Crippen LogP contribution in [0.2, 0.25) is 0 Å². The van der Waals surface area contributed by atoms with Crippen molar-refractivity contribution in [3.05, 3.63) is 70.8 Å². The number of rotatable bonds is 6. The standard InChI is InChI=1S/C20H23NO2/c1-15-4-7-17(8-5-15)9-11-20(22)21-13-12-18-14-16(2)6-10-19(18)23-3/h4-11,14H,12-13H2,1-3H3,(H,21,22)/b11-9+. The summed E-state index contributed by atoms with van der Waals surface area (Å²) in [6, 6.07) is 14.1. The summed E-state index contributed by atoms with van der Waals surface area (Å²) < 4.78 is 5.35. The molecule has 2 rings (SSSR count). The fraction of sp³-hybridized carbons (Fsp3) is 0.250. The number of hydrogen-bond acceptors (Lipinski definition) is 2. The number of amides is 1. The van der Waals surface area contributed by atoms with Crippen LogP contribution in [0.4, 0.5) is 0 Å². The zero-order valence-electron chi connectivity index (χ0n) is 13.9. The highest BCUT2D eigenvalue weighted by molar-refractivity contribution is 5.91. The van der Waals surface area contributed by atoms with Crippen LogP contribution >= 0.6 is 0 Å². The first-order valence-corrected chi connectivity index (χ1v) is 7.74. The molecule has 23 heavy (non-hydrogen) atoms. The predicted molar refractivity (Wildman–Crippen MR) is 94.7 cm³/mol. The first-order chi connectivity index (χ1) is 11.1. The van der Waals surface area contributed by atoms with E-state index in [1.165, 1.54) is 11.1 Å². The molecule has 0 aliphatic carbocycles. The van der Waals surface area contributed by atoms with Gasteiger partial charge in [-0.15, -0.1) is 0 Å². The molecular weight excluding hydrogens is 286 g/mol. The third-order valence-corrected chi connectivity index (χ3v) is 3.63. The van der Waals surface area contributed by atoms with Crippen molar-refractivity contribution in [2.45, 2.75) is 20.3 Å². The molecule has 2 aromatic rings. The summed E-state index contributed by atoms with van der Waals surface area (Å²) in [5.41, 5.74) is 4.52. The van der Waals surface area contributed by atoms with E-state index in [9.17, 15) is 4.79 Å². The molecule has 1 N–H and O–H groups in total. The van der Waals surface area contributed by atoms with E-state index in [1.54, 1.807) is 13.2 Å². The summed E-state index contributed by atoms with van der Waals surface area (Å²) in [7, 11) is 1.66. The molecule has 0 fully saturated rings. The molecule has 0 spiro atoms. The van der Waals surface area contributed by atoms with E-state index in [4.69, 9.17) is 4.74 Å². The molecule has 2 aromatic carbocycles. The lowest BCUT2D eigenvalue weighted by molar-refractivity contribution is -0.116. The predicted octanol–water partition coefficient (Wildman–Crippen LogP) is 3.68. The molecule has 3 heteroatoms. The summed E-state index contributed by atoms with van der Waals surface area (Å²) >= 11 is 0. The second-order valence-corrected chi connectivity index (χ2v) is 5.60. The van der Waals surface area contributed by atoms with Crippen molar-refractivity contribution in [1.82, 2.24) is 5.32 Å². The van der Waals surface area contributed by atoms with Crippen molar-refractivity contribution >= 4 is 12.0 Å². The van der Waals surface area contributed by atoms with E-state index < -0.39 is 0 Å². The number of ether oxygens (including phenoxy) is 1. The van der Waals surface area contributed by atoms with Crippen molar-refractivity contribution in [3.8, 4) is 5.75 Å². The third-order valence-electron chi connectivity index (χ3n) is 3.63. The van der Waals surface area contributed by atoms with Gasteiger partial charge in [0.2, 0.25) is 5.91 Å². The molecule has 0 unspecified atom stereocenters. The topological polar surface area (TPSA) is 38.3 Å². The minimum atomic E-state index is -0.0859. The minimum Gasteiger partial charge on any atom is -0.496 e. The zero-order valence-corrected chi connectivity index (χ0v) is 13.9. The van der Waals surface area contributed by atoms with Gasteiger partial charge in [-0.1, -0.05) is 47.5 Å². The molecule has 0 aliphatic rings. The molecule has 0 radical (unpaired) electrons. The van der Waals surface area contributed by atoms with Gasteiger partial charge >= 0.3 is 0 Å². The Morgan fingerprint density at radius 2 is 1.78 bits per heavy atom.